The Balaban J connectivity index is 2.25. The Kier molecular flexibility index (Phi) is 4.30. The highest BCUT2D eigenvalue weighted by atomic mass is 16.7. The third-order valence-corrected chi connectivity index (χ3v) is 6.38. The molecule has 1 N–H and O–H groups in total. The molecule has 0 aromatic heterocycles. The minimum atomic E-state index is -1.89. The first kappa shape index (κ1) is 19.9. The van der Waals surface area contributed by atoms with Crippen molar-refractivity contribution in [1.82, 2.24) is 0 Å². The van der Waals surface area contributed by atoms with Crippen LogP contribution in [0.1, 0.15) is 58.3 Å². The van der Waals surface area contributed by atoms with Gasteiger partial charge in [0.2, 0.25) is 17.1 Å². The molecule has 144 valence electrons. The molecule has 4 unspecified atom stereocenters. The van der Waals surface area contributed by atoms with Crippen molar-refractivity contribution < 1.29 is 9.47 Å². The van der Waals surface area contributed by atoms with Gasteiger partial charge in [0, 0.05) is 6.42 Å². The van der Waals surface area contributed by atoms with E-state index in [-0.39, 0.29) is 11.3 Å². The Hall–Kier alpha value is -2.88. The molecule has 6 heteroatoms. The van der Waals surface area contributed by atoms with Crippen LogP contribution in [-0.2, 0) is 14.9 Å². The smallest absolute Gasteiger partial charge is 0.217 e. The summed E-state index contributed by atoms with van der Waals surface area (Å²) >= 11 is 0. The largest absolute Gasteiger partial charge is 0.447 e. The van der Waals surface area contributed by atoms with Crippen molar-refractivity contribution in [1.29, 1.82) is 21.2 Å². The molecule has 0 radical (unpaired) electrons. The molecule has 2 aliphatic rings. The lowest BCUT2D eigenvalue weighted by Gasteiger charge is -2.48. The Labute approximate surface area is 165 Å². The molecule has 1 aromatic carbocycles. The van der Waals surface area contributed by atoms with E-state index in [1.807, 2.05) is 31.2 Å². The molecular formula is C22H24N4O2. The van der Waals surface area contributed by atoms with Crippen LogP contribution in [0.4, 0.5) is 0 Å². The van der Waals surface area contributed by atoms with Crippen molar-refractivity contribution in [2.75, 3.05) is 0 Å². The first-order valence-corrected chi connectivity index (χ1v) is 9.38. The predicted molar refractivity (Wildman–Crippen MR) is 102 cm³/mol. The molecule has 3 rings (SSSR count). The van der Waals surface area contributed by atoms with Crippen molar-refractivity contribution in [2.24, 2.45) is 16.7 Å². The SMILES string of the molecule is CCC12OC(=N)C(C#N)(C1C)C(C#N)(C#N)C(c1ccc(C(C)(C)C)cc1)O2. The highest BCUT2D eigenvalue weighted by Crippen LogP contribution is 2.66. The van der Waals surface area contributed by atoms with Gasteiger partial charge in [-0.15, -0.1) is 0 Å². The number of ether oxygens (including phenoxy) is 2. The number of benzene rings is 1. The van der Waals surface area contributed by atoms with E-state index >= 15 is 0 Å². The van der Waals surface area contributed by atoms with Crippen LogP contribution < -0.4 is 0 Å². The topological polar surface area (TPSA) is 114 Å². The van der Waals surface area contributed by atoms with Gasteiger partial charge in [-0.25, -0.2) is 0 Å². The first-order chi connectivity index (χ1) is 13.1. The maximum atomic E-state index is 10.1. The van der Waals surface area contributed by atoms with Gasteiger partial charge in [-0.05, 0) is 16.5 Å². The maximum Gasteiger partial charge on any atom is 0.217 e. The van der Waals surface area contributed by atoms with Gasteiger partial charge in [-0.2, -0.15) is 15.8 Å². The highest BCUT2D eigenvalue weighted by Gasteiger charge is 2.78. The minimum Gasteiger partial charge on any atom is -0.447 e. The minimum absolute atomic E-state index is 0.0508. The molecule has 28 heavy (non-hydrogen) atoms. The van der Waals surface area contributed by atoms with Gasteiger partial charge in [0.1, 0.15) is 6.10 Å². The van der Waals surface area contributed by atoms with E-state index in [4.69, 9.17) is 14.9 Å². The molecule has 6 nitrogen and oxygen atoms in total. The molecule has 1 aromatic rings. The number of rotatable bonds is 2. The Morgan fingerprint density at radius 3 is 2.07 bits per heavy atom. The summed E-state index contributed by atoms with van der Waals surface area (Å²) in [5.74, 6) is -2.20. The zero-order valence-electron chi connectivity index (χ0n) is 16.8. The van der Waals surface area contributed by atoms with Crippen molar-refractivity contribution in [2.45, 2.75) is 58.3 Å². The Morgan fingerprint density at radius 2 is 1.64 bits per heavy atom. The molecule has 4 atom stereocenters. The van der Waals surface area contributed by atoms with Crippen LogP contribution in [0.2, 0.25) is 0 Å². The fourth-order valence-corrected chi connectivity index (χ4v) is 4.50. The van der Waals surface area contributed by atoms with Crippen LogP contribution in [-0.4, -0.2) is 11.7 Å². The summed E-state index contributed by atoms with van der Waals surface area (Å²) < 4.78 is 12.0. The molecule has 0 saturated carbocycles. The maximum absolute atomic E-state index is 10.1. The van der Waals surface area contributed by atoms with E-state index in [0.717, 1.165) is 5.56 Å². The van der Waals surface area contributed by atoms with Gasteiger partial charge in [0.15, 0.2) is 5.41 Å². The number of hydrogen-bond donors (Lipinski definition) is 1. The van der Waals surface area contributed by atoms with Gasteiger partial charge in [0.25, 0.3) is 0 Å². The van der Waals surface area contributed by atoms with Crippen molar-refractivity contribution in [3.63, 3.8) is 0 Å². The molecule has 0 aliphatic carbocycles. The highest BCUT2D eigenvalue weighted by molar-refractivity contribution is 5.89. The Morgan fingerprint density at radius 1 is 1.07 bits per heavy atom. The molecule has 2 heterocycles. The van der Waals surface area contributed by atoms with Gasteiger partial charge in [0.05, 0.1) is 24.1 Å². The van der Waals surface area contributed by atoms with Crippen molar-refractivity contribution in [3.8, 4) is 18.2 Å². The summed E-state index contributed by atoms with van der Waals surface area (Å²) in [7, 11) is 0. The van der Waals surface area contributed by atoms with E-state index in [9.17, 15) is 15.8 Å². The second-order valence-corrected chi connectivity index (χ2v) is 8.64. The summed E-state index contributed by atoms with van der Waals surface area (Å²) in [6, 6.07) is 13.8. The van der Waals surface area contributed by atoms with Gasteiger partial charge in [-0.3, -0.25) is 5.41 Å². The van der Waals surface area contributed by atoms with Gasteiger partial charge in [-0.1, -0.05) is 58.9 Å². The summed E-state index contributed by atoms with van der Waals surface area (Å²) in [6.07, 6.45) is -0.612. The Bertz CT molecular complexity index is 927. The second-order valence-electron chi connectivity index (χ2n) is 8.64. The number of nitrogens with one attached hydrogen (secondary N) is 1. The molecular weight excluding hydrogens is 352 g/mol. The third kappa shape index (κ3) is 2.17. The predicted octanol–water partition coefficient (Wildman–Crippen LogP) is 4.35. The lowest BCUT2D eigenvalue weighted by molar-refractivity contribution is -0.280. The third-order valence-electron chi connectivity index (χ3n) is 6.38. The normalized spacial score (nSPS) is 33.3. The number of nitrogens with zero attached hydrogens (tertiary/aromatic N) is 3. The summed E-state index contributed by atoms with van der Waals surface area (Å²) in [6.45, 7) is 9.87. The van der Waals surface area contributed by atoms with E-state index in [2.05, 4.69) is 39.0 Å². The van der Waals surface area contributed by atoms with Crippen LogP contribution in [0.25, 0.3) is 0 Å². The average molecular weight is 376 g/mol. The standard InChI is InChI=1S/C22H24N4O2/c1-6-22-14(2)21(13-25,18(26)28-22)20(11-23,12-24)17(27-22)15-7-9-16(10-8-15)19(3,4)5/h7-10,14,17,26H,6H2,1-5H3. The summed E-state index contributed by atoms with van der Waals surface area (Å²) in [5.41, 5.74) is -1.91. The second kappa shape index (κ2) is 6.06. The number of hydrogen-bond acceptors (Lipinski definition) is 6. The van der Waals surface area contributed by atoms with Crippen LogP contribution in [0.5, 0.6) is 0 Å². The molecule has 0 spiro atoms. The number of nitriles is 3. The zero-order valence-corrected chi connectivity index (χ0v) is 16.8. The molecule has 2 fully saturated rings. The number of fused-ring (bicyclic) bond motifs is 2. The van der Waals surface area contributed by atoms with Gasteiger partial charge < -0.3 is 9.47 Å². The molecule has 2 saturated heterocycles. The van der Waals surface area contributed by atoms with E-state index in [0.29, 0.717) is 12.0 Å². The lowest BCUT2D eigenvalue weighted by atomic mass is 9.53. The average Bonchev–Trinajstić information content (AvgIpc) is 2.83. The van der Waals surface area contributed by atoms with E-state index in [1.165, 1.54) is 0 Å². The fourth-order valence-electron chi connectivity index (χ4n) is 4.50. The summed E-state index contributed by atoms with van der Waals surface area (Å²) in [5, 5.41) is 38.7. The van der Waals surface area contributed by atoms with Crippen LogP contribution in [0, 0.1) is 56.2 Å². The first-order valence-electron chi connectivity index (χ1n) is 9.38. The molecule has 0 amide bonds. The summed E-state index contributed by atoms with van der Waals surface area (Å²) in [4.78, 5) is 0. The van der Waals surface area contributed by atoms with Crippen LogP contribution in [0.15, 0.2) is 24.3 Å². The quantitative estimate of drug-likeness (QED) is 0.824. The fraction of sp³-hybridized carbons (Fsp3) is 0.545. The van der Waals surface area contributed by atoms with Gasteiger partial charge >= 0.3 is 0 Å². The van der Waals surface area contributed by atoms with Crippen LogP contribution >= 0.6 is 0 Å². The van der Waals surface area contributed by atoms with Crippen molar-refractivity contribution in [3.05, 3.63) is 35.4 Å². The monoisotopic (exact) mass is 376 g/mol. The zero-order chi connectivity index (χ0) is 21.0. The van der Waals surface area contributed by atoms with Crippen LogP contribution in [0.3, 0.4) is 0 Å². The molecule has 2 bridgehead atoms. The molecule has 2 aliphatic heterocycles. The lowest BCUT2D eigenvalue weighted by Crippen LogP contribution is -2.58. The van der Waals surface area contributed by atoms with Crippen molar-refractivity contribution >= 4 is 5.90 Å². The van der Waals surface area contributed by atoms with E-state index < -0.39 is 28.6 Å². The van der Waals surface area contributed by atoms with E-state index in [1.54, 1.807) is 6.92 Å².